The number of hydrogen-bond donors (Lipinski definition) is 1. The van der Waals surface area contributed by atoms with Crippen molar-refractivity contribution in [1.82, 2.24) is 10.2 Å². The highest BCUT2D eigenvalue weighted by atomic mass is 15.1. The maximum absolute atomic E-state index is 3.52. The van der Waals surface area contributed by atoms with E-state index in [4.69, 9.17) is 0 Å². The molecule has 0 fully saturated rings. The van der Waals surface area contributed by atoms with Crippen LogP contribution in [0.3, 0.4) is 0 Å². The minimum absolute atomic E-state index is 0.597. The number of nitrogens with zero attached hydrogens (tertiary/aromatic N) is 1. The molecule has 0 aliphatic carbocycles. The maximum atomic E-state index is 3.52. The Bertz CT molecular complexity index is 79.6. The zero-order chi connectivity index (χ0) is 8.85. The molecule has 0 aromatic rings. The van der Waals surface area contributed by atoms with Gasteiger partial charge in [-0.3, -0.25) is 0 Å². The van der Waals surface area contributed by atoms with Gasteiger partial charge in [0.2, 0.25) is 0 Å². The average molecular weight is 158 g/mol. The normalized spacial score (nSPS) is 14.5. The Kier molecular flexibility index (Phi) is 5.51. The number of rotatable bonds is 5. The van der Waals surface area contributed by atoms with Crippen molar-refractivity contribution in [1.29, 1.82) is 0 Å². The van der Waals surface area contributed by atoms with Crippen LogP contribution in [0.4, 0.5) is 0 Å². The van der Waals surface area contributed by atoms with E-state index in [2.05, 4.69) is 45.1 Å². The molecule has 0 unspecified atom stereocenters. The van der Waals surface area contributed by atoms with Crippen LogP contribution in [0, 0.1) is 0 Å². The lowest BCUT2D eigenvalue weighted by Gasteiger charge is -2.23. The van der Waals surface area contributed by atoms with Crippen LogP contribution in [0.25, 0.3) is 0 Å². The molecule has 0 bridgehead atoms. The first kappa shape index (κ1) is 10.9. The van der Waals surface area contributed by atoms with E-state index < -0.39 is 0 Å². The van der Waals surface area contributed by atoms with Gasteiger partial charge in [0, 0.05) is 18.6 Å². The summed E-state index contributed by atoms with van der Waals surface area (Å²) in [5.74, 6) is 0. The van der Waals surface area contributed by atoms with Crippen molar-refractivity contribution < 1.29 is 0 Å². The highest BCUT2D eigenvalue weighted by Crippen LogP contribution is 1.94. The lowest BCUT2D eigenvalue weighted by atomic mass is 10.2. The van der Waals surface area contributed by atoms with E-state index in [1.807, 2.05) is 0 Å². The molecule has 0 aliphatic heterocycles. The van der Waals surface area contributed by atoms with Crippen molar-refractivity contribution in [3.05, 3.63) is 0 Å². The molecule has 0 heterocycles. The molecular formula is C9H22N2. The summed E-state index contributed by atoms with van der Waals surface area (Å²) < 4.78 is 0. The molecule has 0 radical (unpaired) electrons. The molecule has 0 saturated heterocycles. The zero-order valence-corrected chi connectivity index (χ0v) is 8.52. The largest absolute Gasteiger partial charge is 0.311 e. The third-order valence-corrected chi connectivity index (χ3v) is 1.65. The fourth-order valence-electron chi connectivity index (χ4n) is 1.21. The fourth-order valence-corrected chi connectivity index (χ4v) is 1.21. The molecule has 1 N–H and O–H groups in total. The number of hydrogen-bond acceptors (Lipinski definition) is 2. The van der Waals surface area contributed by atoms with Gasteiger partial charge in [0.25, 0.3) is 0 Å². The first-order valence-corrected chi connectivity index (χ1v) is 4.47. The lowest BCUT2D eigenvalue weighted by molar-refractivity contribution is 0.319. The molecule has 2 heteroatoms. The maximum Gasteiger partial charge on any atom is 0.0194 e. The van der Waals surface area contributed by atoms with E-state index in [0.717, 1.165) is 6.54 Å². The molecule has 0 saturated carbocycles. The summed E-state index contributed by atoms with van der Waals surface area (Å²) in [4.78, 5) is 2.23. The summed E-state index contributed by atoms with van der Waals surface area (Å²) in [5, 5.41) is 3.52. The Morgan fingerprint density at radius 1 is 1.27 bits per heavy atom. The van der Waals surface area contributed by atoms with E-state index in [0.29, 0.717) is 12.1 Å². The molecule has 68 valence electrons. The van der Waals surface area contributed by atoms with Gasteiger partial charge >= 0.3 is 0 Å². The molecule has 0 rings (SSSR count). The Morgan fingerprint density at radius 2 is 1.82 bits per heavy atom. The van der Waals surface area contributed by atoms with Gasteiger partial charge in [0.05, 0.1) is 0 Å². The van der Waals surface area contributed by atoms with Gasteiger partial charge in [-0.25, -0.2) is 0 Å². The first-order chi connectivity index (χ1) is 5.06. The molecule has 1 atom stereocenters. The topological polar surface area (TPSA) is 15.3 Å². The van der Waals surface area contributed by atoms with Gasteiger partial charge in [0.15, 0.2) is 0 Å². The van der Waals surface area contributed by atoms with Gasteiger partial charge in [-0.1, -0.05) is 20.8 Å². The summed E-state index contributed by atoms with van der Waals surface area (Å²) in [7, 11) is 4.23. The van der Waals surface area contributed by atoms with Crippen LogP contribution in [0.2, 0.25) is 0 Å². The van der Waals surface area contributed by atoms with Crippen molar-refractivity contribution in [2.75, 3.05) is 20.6 Å². The third-order valence-electron chi connectivity index (χ3n) is 1.65. The molecule has 0 amide bonds. The highest BCUT2D eigenvalue weighted by Gasteiger charge is 2.07. The van der Waals surface area contributed by atoms with E-state index in [9.17, 15) is 0 Å². The van der Waals surface area contributed by atoms with Gasteiger partial charge in [0.1, 0.15) is 0 Å². The molecule has 0 aromatic heterocycles. The molecule has 0 aliphatic rings. The van der Waals surface area contributed by atoms with Gasteiger partial charge in [-0.15, -0.1) is 0 Å². The van der Waals surface area contributed by atoms with Gasteiger partial charge in [-0.05, 0) is 20.5 Å². The second-order valence-electron chi connectivity index (χ2n) is 3.69. The summed E-state index contributed by atoms with van der Waals surface area (Å²) in [6.07, 6.45) is 1.20. The molecule has 2 nitrogen and oxygen atoms in total. The molecule has 0 spiro atoms. The van der Waals surface area contributed by atoms with Gasteiger partial charge in [-0.2, -0.15) is 0 Å². The van der Waals surface area contributed by atoms with Crippen LogP contribution in [0.1, 0.15) is 27.2 Å². The smallest absolute Gasteiger partial charge is 0.0194 e. The summed E-state index contributed by atoms with van der Waals surface area (Å²) >= 11 is 0. The quantitative estimate of drug-likeness (QED) is 0.649. The molecular weight excluding hydrogens is 136 g/mol. The Balaban J connectivity index is 3.58. The standard InChI is InChI=1S/C9H22N2/c1-6-9(7-11(4)5)10-8(2)3/h8-10H,6-7H2,1-5H3/t9-/m0/s1. The van der Waals surface area contributed by atoms with Crippen molar-refractivity contribution in [3.63, 3.8) is 0 Å². The van der Waals surface area contributed by atoms with Crippen LogP contribution < -0.4 is 5.32 Å². The predicted octanol–water partition coefficient (Wildman–Crippen LogP) is 1.32. The summed E-state index contributed by atoms with van der Waals surface area (Å²) in [6, 6.07) is 1.24. The van der Waals surface area contributed by atoms with E-state index >= 15 is 0 Å². The summed E-state index contributed by atoms with van der Waals surface area (Å²) in [5.41, 5.74) is 0. The molecule has 0 aromatic carbocycles. The van der Waals surface area contributed by atoms with Crippen LogP contribution >= 0.6 is 0 Å². The fraction of sp³-hybridized carbons (Fsp3) is 1.00. The zero-order valence-electron chi connectivity index (χ0n) is 8.52. The average Bonchev–Trinajstić information content (AvgIpc) is 1.84. The summed E-state index contributed by atoms with van der Waals surface area (Å²) in [6.45, 7) is 7.74. The van der Waals surface area contributed by atoms with Crippen LogP contribution in [-0.4, -0.2) is 37.6 Å². The van der Waals surface area contributed by atoms with Crippen molar-refractivity contribution >= 4 is 0 Å². The Hall–Kier alpha value is -0.0800. The SMILES string of the molecule is CC[C@@H](CN(C)C)NC(C)C. The van der Waals surface area contributed by atoms with Crippen molar-refractivity contribution in [2.45, 2.75) is 39.3 Å². The second-order valence-corrected chi connectivity index (χ2v) is 3.69. The minimum atomic E-state index is 0.597. The van der Waals surface area contributed by atoms with E-state index in [1.165, 1.54) is 6.42 Å². The van der Waals surface area contributed by atoms with Crippen molar-refractivity contribution in [3.8, 4) is 0 Å². The predicted molar refractivity (Wildman–Crippen MR) is 50.9 cm³/mol. The van der Waals surface area contributed by atoms with Crippen molar-refractivity contribution in [2.24, 2.45) is 0 Å². The lowest BCUT2D eigenvalue weighted by Crippen LogP contribution is -2.41. The Morgan fingerprint density at radius 3 is 2.09 bits per heavy atom. The second kappa shape index (κ2) is 5.56. The van der Waals surface area contributed by atoms with Crippen LogP contribution in [-0.2, 0) is 0 Å². The molecule has 11 heavy (non-hydrogen) atoms. The number of nitrogens with one attached hydrogen (secondary N) is 1. The van der Waals surface area contributed by atoms with E-state index in [1.54, 1.807) is 0 Å². The van der Waals surface area contributed by atoms with Crippen LogP contribution in [0.5, 0.6) is 0 Å². The monoisotopic (exact) mass is 158 g/mol. The number of likely N-dealkylation sites (N-methyl/N-ethyl adjacent to an activating group) is 1. The minimum Gasteiger partial charge on any atom is -0.311 e. The van der Waals surface area contributed by atoms with Gasteiger partial charge < -0.3 is 10.2 Å². The van der Waals surface area contributed by atoms with Crippen LogP contribution in [0.15, 0.2) is 0 Å². The highest BCUT2D eigenvalue weighted by molar-refractivity contribution is 4.69. The third kappa shape index (κ3) is 6.32. The van der Waals surface area contributed by atoms with E-state index in [-0.39, 0.29) is 0 Å². The first-order valence-electron chi connectivity index (χ1n) is 4.47. The Labute approximate surface area is 71.0 Å².